The number of likely N-dealkylation sites (tertiary alicyclic amines) is 1. The average molecular weight is 283 g/mol. The minimum atomic E-state index is -0.0380. The summed E-state index contributed by atoms with van der Waals surface area (Å²) in [6.45, 7) is 6.44. The van der Waals surface area contributed by atoms with Crippen molar-refractivity contribution >= 4 is 6.03 Å². The molecule has 5 nitrogen and oxygen atoms in total. The van der Waals surface area contributed by atoms with Gasteiger partial charge in [-0.2, -0.15) is 0 Å². The standard InChI is InChI=1S/C15H29N3O2/c1-4-5-8-18-9-6-15(7-10-18)11-13(20-15)12-16-14(19)17(2)3/h13H,4-12H2,1-3H3,(H,16,19). The number of urea groups is 1. The lowest BCUT2D eigenvalue weighted by Crippen LogP contribution is -2.59. The van der Waals surface area contributed by atoms with Crippen LogP contribution in [0.25, 0.3) is 0 Å². The first kappa shape index (κ1) is 15.6. The van der Waals surface area contributed by atoms with E-state index in [-0.39, 0.29) is 17.7 Å². The number of carbonyl (C=O) groups excluding carboxylic acids is 1. The molecule has 2 rings (SSSR count). The fraction of sp³-hybridized carbons (Fsp3) is 0.933. The summed E-state index contributed by atoms with van der Waals surface area (Å²) >= 11 is 0. The molecule has 2 heterocycles. The molecule has 0 aromatic heterocycles. The quantitative estimate of drug-likeness (QED) is 0.835. The van der Waals surface area contributed by atoms with Crippen LogP contribution in [0, 0.1) is 0 Å². The van der Waals surface area contributed by atoms with Gasteiger partial charge in [-0.1, -0.05) is 13.3 Å². The summed E-state index contributed by atoms with van der Waals surface area (Å²) < 4.78 is 6.09. The molecule has 2 amide bonds. The number of rotatable bonds is 5. The first-order chi connectivity index (χ1) is 9.54. The average Bonchev–Trinajstić information content (AvgIpc) is 2.41. The van der Waals surface area contributed by atoms with E-state index in [0.717, 1.165) is 32.4 Å². The number of unbranched alkanes of at least 4 members (excludes halogenated alkanes) is 1. The summed E-state index contributed by atoms with van der Waals surface area (Å²) in [5, 5.41) is 2.89. The van der Waals surface area contributed by atoms with Gasteiger partial charge in [0.15, 0.2) is 0 Å². The van der Waals surface area contributed by atoms with Crippen molar-refractivity contribution in [2.45, 2.75) is 50.7 Å². The van der Waals surface area contributed by atoms with Crippen molar-refractivity contribution < 1.29 is 9.53 Å². The molecule has 0 aromatic rings. The highest BCUT2D eigenvalue weighted by molar-refractivity contribution is 5.73. The van der Waals surface area contributed by atoms with Crippen LogP contribution in [0.4, 0.5) is 4.79 Å². The normalized spacial score (nSPS) is 25.2. The Morgan fingerprint density at radius 3 is 2.60 bits per heavy atom. The fourth-order valence-corrected chi connectivity index (χ4v) is 3.12. The zero-order valence-electron chi connectivity index (χ0n) is 13.2. The van der Waals surface area contributed by atoms with E-state index in [1.54, 1.807) is 19.0 Å². The van der Waals surface area contributed by atoms with Crippen LogP contribution >= 0.6 is 0 Å². The Hall–Kier alpha value is -0.810. The molecule has 0 bridgehead atoms. The molecular weight excluding hydrogens is 254 g/mol. The lowest BCUT2D eigenvalue weighted by Gasteiger charge is -2.52. The maximum atomic E-state index is 11.5. The zero-order chi connectivity index (χ0) is 14.6. The van der Waals surface area contributed by atoms with Crippen LogP contribution in [0.3, 0.4) is 0 Å². The Morgan fingerprint density at radius 2 is 2.05 bits per heavy atom. The third kappa shape index (κ3) is 3.85. The highest BCUT2D eigenvalue weighted by atomic mass is 16.5. The molecule has 116 valence electrons. The summed E-state index contributed by atoms with van der Waals surface area (Å²) in [6.07, 6.45) is 6.17. The number of hydrogen-bond acceptors (Lipinski definition) is 3. The number of hydrogen-bond donors (Lipinski definition) is 1. The molecule has 2 aliphatic rings. The summed E-state index contributed by atoms with van der Waals surface area (Å²) in [4.78, 5) is 15.6. The van der Waals surface area contributed by atoms with Crippen LogP contribution in [0.1, 0.15) is 39.0 Å². The minimum Gasteiger partial charge on any atom is -0.370 e. The van der Waals surface area contributed by atoms with Crippen molar-refractivity contribution in [2.75, 3.05) is 40.3 Å². The van der Waals surface area contributed by atoms with E-state index < -0.39 is 0 Å². The summed E-state index contributed by atoms with van der Waals surface area (Å²) in [5.74, 6) is 0. The van der Waals surface area contributed by atoms with Gasteiger partial charge in [-0.15, -0.1) is 0 Å². The largest absolute Gasteiger partial charge is 0.370 e. The number of nitrogens with zero attached hydrogens (tertiary/aromatic N) is 2. The van der Waals surface area contributed by atoms with Crippen molar-refractivity contribution in [3.8, 4) is 0 Å². The van der Waals surface area contributed by atoms with Crippen molar-refractivity contribution in [2.24, 2.45) is 0 Å². The molecule has 1 spiro atoms. The Balaban J connectivity index is 1.62. The maximum Gasteiger partial charge on any atom is 0.316 e. The van der Waals surface area contributed by atoms with E-state index >= 15 is 0 Å². The molecule has 0 radical (unpaired) electrons. The molecule has 0 aromatic carbocycles. The smallest absolute Gasteiger partial charge is 0.316 e. The first-order valence-electron chi connectivity index (χ1n) is 7.90. The van der Waals surface area contributed by atoms with E-state index in [1.165, 1.54) is 19.4 Å². The van der Waals surface area contributed by atoms with Crippen molar-refractivity contribution in [1.82, 2.24) is 15.1 Å². The SMILES string of the molecule is CCCCN1CCC2(CC1)CC(CNC(=O)N(C)C)O2. The molecule has 2 aliphatic heterocycles. The highest BCUT2D eigenvalue weighted by Gasteiger charge is 2.46. The summed E-state index contributed by atoms with van der Waals surface area (Å²) in [7, 11) is 3.51. The lowest BCUT2D eigenvalue weighted by atomic mass is 9.80. The molecule has 2 fully saturated rings. The second-order valence-corrected chi connectivity index (χ2v) is 6.40. The molecule has 5 heteroatoms. The van der Waals surface area contributed by atoms with E-state index in [2.05, 4.69) is 17.1 Å². The summed E-state index contributed by atoms with van der Waals surface area (Å²) in [6, 6.07) is -0.0380. The van der Waals surface area contributed by atoms with Gasteiger partial charge in [-0.05, 0) is 25.8 Å². The van der Waals surface area contributed by atoms with Gasteiger partial charge < -0.3 is 19.9 Å². The Labute approximate surface area is 122 Å². The number of amides is 2. The van der Waals surface area contributed by atoms with Gasteiger partial charge in [0.1, 0.15) is 0 Å². The van der Waals surface area contributed by atoms with Crippen LogP contribution < -0.4 is 5.32 Å². The third-order valence-corrected chi connectivity index (χ3v) is 4.50. The molecule has 0 saturated carbocycles. The van der Waals surface area contributed by atoms with Gasteiger partial charge in [-0.3, -0.25) is 0 Å². The number of ether oxygens (including phenoxy) is 1. The van der Waals surface area contributed by atoms with Crippen LogP contribution in [0.2, 0.25) is 0 Å². The molecule has 2 saturated heterocycles. The highest BCUT2D eigenvalue weighted by Crippen LogP contribution is 2.41. The van der Waals surface area contributed by atoms with Crippen molar-refractivity contribution in [3.63, 3.8) is 0 Å². The predicted molar refractivity (Wildman–Crippen MR) is 79.9 cm³/mol. The van der Waals surface area contributed by atoms with Crippen LogP contribution in [-0.2, 0) is 4.74 Å². The molecule has 20 heavy (non-hydrogen) atoms. The second kappa shape index (κ2) is 6.76. The Kier molecular flexibility index (Phi) is 5.27. The van der Waals surface area contributed by atoms with Gasteiger partial charge in [0.2, 0.25) is 0 Å². The van der Waals surface area contributed by atoms with E-state index in [0.29, 0.717) is 6.54 Å². The monoisotopic (exact) mass is 283 g/mol. The van der Waals surface area contributed by atoms with Crippen molar-refractivity contribution in [3.05, 3.63) is 0 Å². The van der Waals surface area contributed by atoms with Crippen molar-refractivity contribution in [1.29, 1.82) is 0 Å². The fourth-order valence-electron chi connectivity index (χ4n) is 3.12. The van der Waals surface area contributed by atoms with E-state index in [4.69, 9.17) is 4.74 Å². The van der Waals surface area contributed by atoms with Gasteiger partial charge >= 0.3 is 6.03 Å². The molecule has 1 unspecified atom stereocenters. The van der Waals surface area contributed by atoms with Gasteiger partial charge in [0, 0.05) is 40.2 Å². The Morgan fingerprint density at radius 1 is 1.40 bits per heavy atom. The molecule has 1 atom stereocenters. The molecular formula is C15H29N3O2. The minimum absolute atomic E-state index is 0.0380. The van der Waals surface area contributed by atoms with E-state index in [9.17, 15) is 4.79 Å². The number of piperidine rings is 1. The maximum absolute atomic E-state index is 11.5. The third-order valence-electron chi connectivity index (χ3n) is 4.50. The topological polar surface area (TPSA) is 44.8 Å². The predicted octanol–water partition coefficient (Wildman–Crippen LogP) is 1.68. The van der Waals surface area contributed by atoms with Crippen LogP contribution in [0.15, 0.2) is 0 Å². The number of carbonyl (C=O) groups is 1. The zero-order valence-corrected chi connectivity index (χ0v) is 13.2. The van der Waals surface area contributed by atoms with Crippen LogP contribution in [0.5, 0.6) is 0 Å². The first-order valence-corrected chi connectivity index (χ1v) is 7.90. The van der Waals surface area contributed by atoms with Crippen LogP contribution in [-0.4, -0.2) is 67.8 Å². The lowest BCUT2D eigenvalue weighted by molar-refractivity contribution is -0.222. The van der Waals surface area contributed by atoms with Gasteiger partial charge in [-0.25, -0.2) is 4.79 Å². The molecule has 1 N–H and O–H groups in total. The van der Waals surface area contributed by atoms with Gasteiger partial charge in [0.25, 0.3) is 0 Å². The second-order valence-electron chi connectivity index (χ2n) is 6.40. The van der Waals surface area contributed by atoms with Gasteiger partial charge in [0.05, 0.1) is 11.7 Å². The summed E-state index contributed by atoms with van der Waals surface area (Å²) in [5.41, 5.74) is 0.121. The number of nitrogens with one attached hydrogen (secondary N) is 1. The van der Waals surface area contributed by atoms with E-state index in [1.807, 2.05) is 0 Å². The molecule has 0 aliphatic carbocycles. The Bertz CT molecular complexity index is 317.